The average Bonchev–Trinajstić information content (AvgIpc) is 2.68. The second-order valence-electron chi connectivity index (χ2n) is 4.42. The Bertz CT molecular complexity index is 632. The van der Waals surface area contributed by atoms with Crippen LogP contribution in [0.4, 0.5) is 11.9 Å². The van der Waals surface area contributed by atoms with E-state index in [0.29, 0.717) is 24.8 Å². The lowest BCUT2D eigenvalue weighted by Gasteiger charge is -2.09. The maximum absolute atomic E-state index is 5.66. The zero-order valence-electron chi connectivity index (χ0n) is 11.3. The summed E-state index contributed by atoms with van der Waals surface area (Å²) in [6, 6.07) is 5.85. The molecule has 2 aromatic rings. The number of nitrogens with two attached hydrogens (primary N) is 2. The van der Waals surface area contributed by atoms with Gasteiger partial charge in [-0.1, -0.05) is 0 Å². The van der Waals surface area contributed by atoms with Crippen LogP contribution in [0.1, 0.15) is 12.2 Å². The summed E-state index contributed by atoms with van der Waals surface area (Å²) in [5.41, 5.74) is 11.1. The zero-order valence-corrected chi connectivity index (χ0v) is 12.1. The number of nitrogen functional groups attached to an aromatic ring is 2. The molecule has 0 bridgehead atoms. The third-order valence-corrected chi connectivity index (χ3v) is 3.79. The van der Waals surface area contributed by atoms with Crippen molar-refractivity contribution in [2.24, 2.45) is 0 Å². The number of hydrogen-bond acceptors (Lipinski definition) is 8. The zero-order chi connectivity index (χ0) is 14.7. The standard InChI is InChI=1S/C13H15N5O2S/c14-12-16-11(17-13(15)18-12)7-21-8-2-3-9-10(6-8)20-5-1-4-19-9/h2-3,6H,1,4-5,7H2,(H4,14,15,16,17,18). The topological polar surface area (TPSA) is 109 Å². The summed E-state index contributed by atoms with van der Waals surface area (Å²) in [6.07, 6.45) is 0.889. The van der Waals surface area contributed by atoms with Crippen molar-refractivity contribution in [2.75, 3.05) is 24.7 Å². The minimum atomic E-state index is 0.136. The summed E-state index contributed by atoms with van der Waals surface area (Å²) in [7, 11) is 0. The molecule has 21 heavy (non-hydrogen) atoms. The van der Waals surface area contributed by atoms with E-state index < -0.39 is 0 Å². The summed E-state index contributed by atoms with van der Waals surface area (Å²) in [5, 5.41) is 0. The fourth-order valence-electron chi connectivity index (χ4n) is 1.90. The van der Waals surface area contributed by atoms with Crippen molar-refractivity contribution in [1.82, 2.24) is 15.0 Å². The van der Waals surface area contributed by atoms with E-state index in [9.17, 15) is 0 Å². The maximum atomic E-state index is 5.66. The molecule has 110 valence electrons. The molecular weight excluding hydrogens is 290 g/mol. The normalized spacial score (nSPS) is 13.7. The van der Waals surface area contributed by atoms with E-state index in [1.54, 1.807) is 11.8 Å². The van der Waals surface area contributed by atoms with E-state index >= 15 is 0 Å². The molecule has 0 aliphatic carbocycles. The van der Waals surface area contributed by atoms with Crippen LogP contribution in [0, 0.1) is 0 Å². The Morgan fingerprint density at radius 3 is 2.48 bits per heavy atom. The summed E-state index contributed by atoms with van der Waals surface area (Å²) >= 11 is 1.57. The van der Waals surface area contributed by atoms with Crippen molar-refractivity contribution in [1.29, 1.82) is 0 Å². The molecule has 0 saturated heterocycles. The van der Waals surface area contributed by atoms with Crippen molar-refractivity contribution >= 4 is 23.7 Å². The first kappa shape index (κ1) is 13.7. The summed E-state index contributed by atoms with van der Waals surface area (Å²) in [5.74, 6) is 2.93. The van der Waals surface area contributed by atoms with E-state index in [-0.39, 0.29) is 11.9 Å². The van der Waals surface area contributed by atoms with Crippen LogP contribution in [-0.2, 0) is 5.75 Å². The van der Waals surface area contributed by atoms with Crippen LogP contribution in [0.2, 0.25) is 0 Å². The van der Waals surface area contributed by atoms with Gasteiger partial charge in [-0.25, -0.2) is 0 Å². The molecule has 0 amide bonds. The van der Waals surface area contributed by atoms with E-state index in [0.717, 1.165) is 22.8 Å². The second-order valence-corrected chi connectivity index (χ2v) is 5.46. The van der Waals surface area contributed by atoms with Gasteiger partial charge in [-0.15, -0.1) is 11.8 Å². The van der Waals surface area contributed by atoms with Gasteiger partial charge in [-0.2, -0.15) is 15.0 Å². The van der Waals surface area contributed by atoms with E-state index in [4.69, 9.17) is 20.9 Å². The van der Waals surface area contributed by atoms with Crippen LogP contribution < -0.4 is 20.9 Å². The molecule has 3 rings (SSSR count). The van der Waals surface area contributed by atoms with Crippen LogP contribution in [0.15, 0.2) is 23.1 Å². The number of aromatic nitrogens is 3. The van der Waals surface area contributed by atoms with Crippen LogP contribution in [0.3, 0.4) is 0 Å². The Hall–Kier alpha value is -2.22. The average molecular weight is 305 g/mol. The molecule has 7 nitrogen and oxygen atoms in total. The predicted octanol–water partition coefficient (Wildman–Crippen LogP) is 1.49. The number of benzene rings is 1. The highest BCUT2D eigenvalue weighted by atomic mass is 32.2. The first-order valence-corrected chi connectivity index (χ1v) is 7.47. The molecule has 0 unspecified atom stereocenters. The fraction of sp³-hybridized carbons (Fsp3) is 0.308. The van der Waals surface area contributed by atoms with Gasteiger partial charge < -0.3 is 20.9 Å². The number of hydrogen-bond donors (Lipinski definition) is 2. The largest absolute Gasteiger partial charge is 0.490 e. The van der Waals surface area contributed by atoms with Gasteiger partial charge in [-0.05, 0) is 18.2 Å². The number of fused-ring (bicyclic) bond motifs is 1. The SMILES string of the molecule is Nc1nc(N)nc(CSc2ccc3c(c2)OCCCO3)n1. The molecular formula is C13H15N5O2S. The quantitative estimate of drug-likeness (QED) is 0.821. The van der Waals surface area contributed by atoms with Crippen LogP contribution in [0.5, 0.6) is 11.5 Å². The van der Waals surface area contributed by atoms with Gasteiger partial charge in [-0.3, -0.25) is 0 Å². The monoisotopic (exact) mass is 305 g/mol. The van der Waals surface area contributed by atoms with E-state index in [1.165, 1.54) is 0 Å². The van der Waals surface area contributed by atoms with Crippen molar-refractivity contribution in [3.63, 3.8) is 0 Å². The minimum absolute atomic E-state index is 0.136. The number of anilines is 2. The molecule has 2 heterocycles. The van der Waals surface area contributed by atoms with Gasteiger partial charge in [0.1, 0.15) is 5.82 Å². The fourth-order valence-corrected chi connectivity index (χ4v) is 2.68. The Kier molecular flexibility index (Phi) is 3.96. The van der Waals surface area contributed by atoms with Gasteiger partial charge in [0.15, 0.2) is 11.5 Å². The lowest BCUT2D eigenvalue weighted by molar-refractivity contribution is 0.297. The van der Waals surface area contributed by atoms with Gasteiger partial charge in [0.2, 0.25) is 11.9 Å². The van der Waals surface area contributed by atoms with Gasteiger partial charge >= 0.3 is 0 Å². The number of thioether (sulfide) groups is 1. The predicted molar refractivity (Wildman–Crippen MR) is 80.3 cm³/mol. The molecule has 0 saturated carbocycles. The molecule has 0 atom stereocenters. The lowest BCUT2D eigenvalue weighted by atomic mass is 10.3. The Labute approximate surface area is 126 Å². The molecule has 4 N–H and O–H groups in total. The van der Waals surface area contributed by atoms with Crippen LogP contribution in [-0.4, -0.2) is 28.2 Å². The highest BCUT2D eigenvalue weighted by molar-refractivity contribution is 7.98. The molecule has 8 heteroatoms. The number of nitrogens with zero attached hydrogens (tertiary/aromatic N) is 3. The van der Waals surface area contributed by atoms with Gasteiger partial charge in [0.25, 0.3) is 0 Å². The van der Waals surface area contributed by atoms with Crippen molar-refractivity contribution < 1.29 is 9.47 Å². The Morgan fingerprint density at radius 2 is 1.71 bits per heavy atom. The van der Waals surface area contributed by atoms with E-state index in [1.807, 2.05) is 18.2 Å². The van der Waals surface area contributed by atoms with Gasteiger partial charge in [0, 0.05) is 11.3 Å². The summed E-state index contributed by atoms with van der Waals surface area (Å²) < 4.78 is 11.3. The van der Waals surface area contributed by atoms with Crippen LogP contribution >= 0.6 is 11.8 Å². The maximum Gasteiger partial charge on any atom is 0.225 e. The number of rotatable bonds is 3. The third kappa shape index (κ3) is 3.46. The van der Waals surface area contributed by atoms with Crippen LogP contribution in [0.25, 0.3) is 0 Å². The molecule has 0 spiro atoms. The van der Waals surface area contributed by atoms with Crippen molar-refractivity contribution in [2.45, 2.75) is 17.1 Å². The second kappa shape index (κ2) is 6.04. The smallest absolute Gasteiger partial charge is 0.225 e. The minimum Gasteiger partial charge on any atom is -0.490 e. The molecule has 1 aromatic heterocycles. The number of ether oxygens (including phenoxy) is 2. The molecule has 1 aromatic carbocycles. The first-order valence-electron chi connectivity index (χ1n) is 6.49. The van der Waals surface area contributed by atoms with Crippen molar-refractivity contribution in [3.8, 4) is 11.5 Å². The molecule has 1 aliphatic rings. The Balaban J connectivity index is 1.71. The Morgan fingerprint density at radius 1 is 1.00 bits per heavy atom. The lowest BCUT2D eigenvalue weighted by Crippen LogP contribution is -2.05. The first-order chi connectivity index (χ1) is 10.2. The molecule has 0 fully saturated rings. The highest BCUT2D eigenvalue weighted by Gasteiger charge is 2.11. The molecule has 0 radical (unpaired) electrons. The summed E-state index contributed by atoms with van der Waals surface area (Å²) in [4.78, 5) is 12.9. The molecule has 1 aliphatic heterocycles. The van der Waals surface area contributed by atoms with Crippen molar-refractivity contribution in [3.05, 3.63) is 24.0 Å². The third-order valence-electron chi connectivity index (χ3n) is 2.80. The van der Waals surface area contributed by atoms with E-state index in [2.05, 4.69) is 15.0 Å². The summed E-state index contributed by atoms with van der Waals surface area (Å²) in [6.45, 7) is 1.35. The highest BCUT2D eigenvalue weighted by Crippen LogP contribution is 2.34. The van der Waals surface area contributed by atoms with Gasteiger partial charge in [0.05, 0.1) is 19.0 Å².